The van der Waals surface area contributed by atoms with Gasteiger partial charge in [0.25, 0.3) is 5.91 Å². The Morgan fingerprint density at radius 3 is 2.75 bits per heavy atom. The first kappa shape index (κ1) is 16.9. The number of carbonyl (C=O) groups excluding carboxylic acids is 1. The molecule has 1 aromatic rings. The maximum Gasteiger partial charge on any atom is 0.317 e. The van der Waals surface area contributed by atoms with Gasteiger partial charge in [0.1, 0.15) is 0 Å². The van der Waals surface area contributed by atoms with E-state index in [2.05, 4.69) is 0 Å². The summed E-state index contributed by atoms with van der Waals surface area (Å²) in [6, 6.07) is 7.66. The van der Waals surface area contributed by atoms with Crippen LogP contribution in [0.15, 0.2) is 24.3 Å². The highest BCUT2D eigenvalue weighted by atomic mass is 16.5. The lowest BCUT2D eigenvalue weighted by molar-refractivity contribution is -0.139. The van der Waals surface area contributed by atoms with E-state index in [4.69, 9.17) is 9.84 Å². The smallest absolute Gasteiger partial charge is 0.317 e. The lowest BCUT2D eigenvalue weighted by Crippen LogP contribution is -2.47. The molecule has 0 unspecified atom stereocenters. The van der Waals surface area contributed by atoms with Crippen molar-refractivity contribution in [1.82, 2.24) is 9.80 Å². The SMILES string of the molecule is CCc1ccccc1C(=O)N1C[C@@H]2COC[C@H](C1)N(CC(=O)O)C2. The Labute approximate surface area is 142 Å². The first-order chi connectivity index (χ1) is 11.6. The summed E-state index contributed by atoms with van der Waals surface area (Å²) in [5, 5.41) is 9.14. The maximum absolute atomic E-state index is 13.0. The zero-order valence-corrected chi connectivity index (χ0v) is 14.0. The van der Waals surface area contributed by atoms with Crippen LogP contribution in [0.1, 0.15) is 22.8 Å². The highest BCUT2D eigenvalue weighted by Crippen LogP contribution is 2.22. The van der Waals surface area contributed by atoms with Gasteiger partial charge in [-0.05, 0) is 18.1 Å². The second kappa shape index (κ2) is 7.32. The lowest BCUT2D eigenvalue weighted by atomic mass is 10.0. The van der Waals surface area contributed by atoms with Crippen molar-refractivity contribution < 1.29 is 19.4 Å². The normalized spacial score (nSPS) is 24.5. The highest BCUT2D eigenvalue weighted by molar-refractivity contribution is 5.95. The molecule has 0 saturated carbocycles. The van der Waals surface area contributed by atoms with Gasteiger partial charge in [0.05, 0.1) is 25.8 Å². The van der Waals surface area contributed by atoms with Crippen molar-refractivity contribution in [2.24, 2.45) is 5.92 Å². The van der Waals surface area contributed by atoms with E-state index in [1.165, 1.54) is 0 Å². The van der Waals surface area contributed by atoms with Gasteiger partial charge in [-0.3, -0.25) is 14.5 Å². The van der Waals surface area contributed by atoms with Crippen molar-refractivity contribution in [3.63, 3.8) is 0 Å². The third-order valence-electron chi connectivity index (χ3n) is 4.84. The molecular weight excluding hydrogens is 308 g/mol. The number of hydrogen-bond acceptors (Lipinski definition) is 4. The second-order valence-corrected chi connectivity index (χ2v) is 6.60. The molecule has 0 spiro atoms. The third kappa shape index (κ3) is 3.60. The van der Waals surface area contributed by atoms with Crippen LogP contribution in [-0.4, -0.2) is 72.2 Å². The Morgan fingerprint density at radius 1 is 1.21 bits per heavy atom. The number of hydrogen-bond donors (Lipinski definition) is 1. The van der Waals surface area contributed by atoms with E-state index >= 15 is 0 Å². The molecule has 130 valence electrons. The molecule has 2 saturated heterocycles. The Balaban J connectivity index is 1.82. The van der Waals surface area contributed by atoms with Gasteiger partial charge < -0.3 is 14.7 Å². The summed E-state index contributed by atoms with van der Waals surface area (Å²) in [6.07, 6.45) is 0.816. The van der Waals surface area contributed by atoms with Gasteiger partial charge in [-0.2, -0.15) is 0 Å². The number of aryl methyl sites for hydroxylation is 1. The van der Waals surface area contributed by atoms with Gasteiger partial charge in [-0.15, -0.1) is 0 Å². The Kier molecular flexibility index (Phi) is 5.16. The fraction of sp³-hybridized carbons (Fsp3) is 0.556. The van der Waals surface area contributed by atoms with Crippen LogP contribution < -0.4 is 0 Å². The average Bonchev–Trinajstić information content (AvgIpc) is 2.83. The van der Waals surface area contributed by atoms with Gasteiger partial charge in [-0.25, -0.2) is 0 Å². The fourth-order valence-corrected chi connectivity index (χ4v) is 3.67. The van der Waals surface area contributed by atoms with Crippen LogP contribution in [0.3, 0.4) is 0 Å². The molecule has 2 aliphatic rings. The Bertz CT molecular complexity index is 619. The zero-order valence-electron chi connectivity index (χ0n) is 14.0. The predicted molar refractivity (Wildman–Crippen MR) is 89.0 cm³/mol. The van der Waals surface area contributed by atoms with E-state index in [9.17, 15) is 9.59 Å². The molecule has 2 atom stereocenters. The number of rotatable bonds is 4. The average molecular weight is 332 g/mol. The molecule has 6 heteroatoms. The molecule has 6 nitrogen and oxygen atoms in total. The standard InChI is InChI=1S/C18H24N2O4/c1-2-14-5-3-4-6-16(14)18(23)20-8-13-7-19(10-17(21)22)15(9-20)12-24-11-13/h3-6,13,15H,2,7-12H2,1H3,(H,21,22)/t13-,15+/m1/s1. The molecule has 3 rings (SSSR count). The molecule has 1 amide bonds. The zero-order chi connectivity index (χ0) is 17.1. The summed E-state index contributed by atoms with van der Waals surface area (Å²) in [5.41, 5.74) is 1.81. The quantitative estimate of drug-likeness (QED) is 0.894. The Hall–Kier alpha value is -1.92. The second-order valence-electron chi connectivity index (χ2n) is 6.60. The number of ether oxygens (including phenoxy) is 1. The van der Waals surface area contributed by atoms with E-state index in [-0.39, 0.29) is 24.4 Å². The van der Waals surface area contributed by atoms with Crippen molar-refractivity contribution in [3.8, 4) is 0 Å². The number of carboxylic acid groups (broad SMARTS) is 1. The summed E-state index contributed by atoms with van der Waals surface area (Å²) in [6.45, 7) is 4.89. The molecule has 0 aromatic heterocycles. The lowest BCUT2D eigenvalue weighted by Gasteiger charge is -2.31. The van der Waals surface area contributed by atoms with Crippen molar-refractivity contribution in [3.05, 3.63) is 35.4 Å². The summed E-state index contributed by atoms with van der Waals surface area (Å²) in [4.78, 5) is 28.0. The highest BCUT2D eigenvalue weighted by Gasteiger charge is 2.36. The van der Waals surface area contributed by atoms with E-state index in [0.29, 0.717) is 32.8 Å². The number of fused-ring (bicyclic) bond motifs is 3. The van der Waals surface area contributed by atoms with Crippen LogP contribution in [0, 0.1) is 5.92 Å². The third-order valence-corrected chi connectivity index (χ3v) is 4.84. The molecule has 1 aromatic carbocycles. The van der Waals surface area contributed by atoms with Crippen LogP contribution in [0.5, 0.6) is 0 Å². The van der Waals surface area contributed by atoms with Crippen LogP contribution in [0.4, 0.5) is 0 Å². The number of nitrogens with zero attached hydrogens (tertiary/aromatic N) is 2. The molecule has 24 heavy (non-hydrogen) atoms. The van der Waals surface area contributed by atoms with Gasteiger partial charge in [-0.1, -0.05) is 25.1 Å². The number of aliphatic carboxylic acids is 1. The number of benzene rings is 1. The van der Waals surface area contributed by atoms with Crippen molar-refractivity contribution in [1.29, 1.82) is 0 Å². The summed E-state index contributed by atoms with van der Waals surface area (Å²) >= 11 is 0. The van der Waals surface area contributed by atoms with Gasteiger partial charge >= 0.3 is 5.97 Å². The molecule has 2 aliphatic heterocycles. The summed E-state index contributed by atoms with van der Waals surface area (Å²) < 4.78 is 5.68. The maximum atomic E-state index is 13.0. The van der Waals surface area contributed by atoms with Crippen molar-refractivity contribution in [2.75, 3.05) is 39.4 Å². The van der Waals surface area contributed by atoms with Crippen LogP contribution in [0.2, 0.25) is 0 Å². The van der Waals surface area contributed by atoms with Gasteiger partial charge in [0.2, 0.25) is 0 Å². The number of amides is 1. The van der Waals surface area contributed by atoms with Crippen LogP contribution in [-0.2, 0) is 16.0 Å². The Morgan fingerprint density at radius 2 is 2.00 bits per heavy atom. The van der Waals surface area contributed by atoms with Gasteiger partial charge in [0.15, 0.2) is 0 Å². The first-order valence-corrected chi connectivity index (χ1v) is 8.49. The predicted octanol–water partition coefficient (Wildman–Crippen LogP) is 1.11. The largest absolute Gasteiger partial charge is 0.480 e. The molecule has 1 N–H and O–H groups in total. The molecule has 0 aliphatic carbocycles. The van der Waals surface area contributed by atoms with Crippen LogP contribution >= 0.6 is 0 Å². The first-order valence-electron chi connectivity index (χ1n) is 8.49. The molecule has 2 fully saturated rings. The summed E-state index contributed by atoms with van der Waals surface area (Å²) in [7, 11) is 0. The minimum atomic E-state index is -0.836. The minimum Gasteiger partial charge on any atom is -0.480 e. The van der Waals surface area contributed by atoms with E-state index in [0.717, 1.165) is 17.5 Å². The van der Waals surface area contributed by atoms with E-state index < -0.39 is 5.97 Å². The minimum absolute atomic E-state index is 0.00188. The molecule has 0 radical (unpaired) electrons. The monoisotopic (exact) mass is 332 g/mol. The number of carboxylic acids is 1. The molecular formula is C18H24N2O4. The van der Waals surface area contributed by atoms with E-state index in [1.807, 2.05) is 41.0 Å². The molecule has 2 bridgehead atoms. The molecule has 2 heterocycles. The fourth-order valence-electron chi connectivity index (χ4n) is 3.67. The summed E-state index contributed by atoms with van der Waals surface area (Å²) in [5.74, 6) is -0.645. The van der Waals surface area contributed by atoms with E-state index in [1.54, 1.807) is 0 Å². The van der Waals surface area contributed by atoms with Gasteiger partial charge in [0, 0.05) is 31.1 Å². The number of carbonyl (C=O) groups is 2. The van der Waals surface area contributed by atoms with Crippen molar-refractivity contribution in [2.45, 2.75) is 19.4 Å². The van der Waals surface area contributed by atoms with Crippen LogP contribution in [0.25, 0.3) is 0 Å². The topological polar surface area (TPSA) is 70.1 Å². The van der Waals surface area contributed by atoms with Crippen molar-refractivity contribution >= 4 is 11.9 Å².